The van der Waals surface area contributed by atoms with Crippen molar-refractivity contribution in [3.05, 3.63) is 29.8 Å². The van der Waals surface area contributed by atoms with Crippen molar-refractivity contribution in [1.29, 1.82) is 0 Å². The minimum Gasteiger partial charge on any atom is -0.494 e. The molecule has 0 aromatic heterocycles. The lowest BCUT2D eigenvalue weighted by Crippen LogP contribution is -2.11. The number of benzene rings is 1. The second-order valence-electron chi connectivity index (χ2n) is 3.37. The van der Waals surface area contributed by atoms with E-state index in [2.05, 4.69) is 12.4 Å². The number of unbranched alkanes of at least 4 members (excludes halogenated alkanes) is 1. The summed E-state index contributed by atoms with van der Waals surface area (Å²) in [5.41, 5.74) is 3.11. The highest BCUT2D eigenvalue weighted by Gasteiger charge is 1.97. The van der Waals surface area contributed by atoms with Crippen LogP contribution in [0.1, 0.15) is 25.3 Å². The number of hydrogen-bond acceptors (Lipinski definition) is 3. The third-order valence-electron chi connectivity index (χ3n) is 2.04. The molecule has 4 nitrogen and oxygen atoms in total. The Balaban J connectivity index is 2.40. The number of ether oxygens (including phenoxy) is 1. The first-order valence-corrected chi connectivity index (χ1v) is 5.39. The molecule has 16 heavy (non-hydrogen) atoms. The molecular formula is C12H17NO3. The molecule has 1 amide bonds. The first-order chi connectivity index (χ1) is 7.86. The predicted octanol–water partition coefficient (Wildman–Crippen LogP) is 2.04. The number of hydrogen-bond donors (Lipinski definition) is 1. The van der Waals surface area contributed by atoms with Crippen molar-refractivity contribution in [3.8, 4) is 5.75 Å². The van der Waals surface area contributed by atoms with Crippen molar-refractivity contribution in [2.45, 2.75) is 26.4 Å². The molecule has 0 aliphatic rings. The van der Waals surface area contributed by atoms with Crippen molar-refractivity contribution < 1.29 is 14.4 Å². The van der Waals surface area contributed by atoms with Crippen LogP contribution >= 0.6 is 0 Å². The van der Waals surface area contributed by atoms with E-state index in [-0.39, 0.29) is 0 Å². The summed E-state index contributed by atoms with van der Waals surface area (Å²) in [5.74, 6) is 0.834. The highest BCUT2D eigenvalue weighted by Crippen LogP contribution is 2.14. The number of rotatable bonds is 8. The van der Waals surface area contributed by atoms with E-state index in [4.69, 9.17) is 9.57 Å². The number of hydroxylamine groups is 1. The first kappa shape index (κ1) is 12.5. The molecule has 4 heteroatoms. The third kappa shape index (κ3) is 4.79. The molecule has 0 aliphatic heterocycles. The van der Waals surface area contributed by atoms with Gasteiger partial charge in [-0.2, -0.15) is 0 Å². The molecule has 1 N–H and O–H groups in total. The lowest BCUT2D eigenvalue weighted by atomic mass is 10.2. The van der Waals surface area contributed by atoms with Crippen LogP contribution in [0.2, 0.25) is 0 Å². The van der Waals surface area contributed by atoms with E-state index >= 15 is 0 Å². The largest absolute Gasteiger partial charge is 0.494 e. The number of nitrogens with one attached hydrogen (secondary N) is 1. The van der Waals surface area contributed by atoms with E-state index in [0.29, 0.717) is 13.0 Å². The standard InChI is InChI=1S/C12H17NO3/c1-2-3-7-15-12-6-4-5-11(8-12)9-16-13-10-14/h4-6,8,10H,2-3,7,9H2,1H3,(H,13,14). The maximum atomic E-state index is 9.98. The molecule has 0 heterocycles. The maximum absolute atomic E-state index is 9.98. The van der Waals surface area contributed by atoms with Gasteiger partial charge in [-0.3, -0.25) is 9.63 Å². The number of carbonyl (C=O) groups is 1. The molecule has 0 atom stereocenters. The van der Waals surface area contributed by atoms with Crippen LogP contribution in [-0.2, 0) is 16.2 Å². The highest BCUT2D eigenvalue weighted by molar-refractivity contribution is 5.43. The van der Waals surface area contributed by atoms with Gasteiger partial charge in [-0.1, -0.05) is 25.5 Å². The van der Waals surface area contributed by atoms with Crippen molar-refractivity contribution in [3.63, 3.8) is 0 Å². The van der Waals surface area contributed by atoms with Gasteiger partial charge in [-0.15, -0.1) is 0 Å². The molecule has 0 saturated heterocycles. The predicted molar refractivity (Wildman–Crippen MR) is 60.8 cm³/mol. The Morgan fingerprint density at radius 2 is 2.31 bits per heavy atom. The summed E-state index contributed by atoms with van der Waals surface area (Å²) in [6.07, 6.45) is 2.67. The van der Waals surface area contributed by atoms with E-state index in [9.17, 15) is 4.79 Å². The van der Waals surface area contributed by atoms with Crippen molar-refractivity contribution >= 4 is 6.41 Å². The van der Waals surface area contributed by atoms with Crippen LogP contribution in [0.15, 0.2) is 24.3 Å². The molecule has 0 unspecified atom stereocenters. The molecule has 0 bridgehead atoms. The van der Waals surface area contributed by atoms with E-state index < -0.39 is 0 Å². The molecule has 0 aliphatic carbocycles. The number of carbonyl (C=O) groups excluding carboxylic acids is 1. The summed E-state index contributed by atoms with van der Waals surface area (Å²) in [6.45, 7) is 3.19. The molecule has 0 fully saturated rings. The monoisotopic (exact) mass is 223 g/mol. The van der Waals surface area contributed by atoms with Gasteiger partial charge in [0, 0.05) is 0 Å². The van der Waals surface area contributed by atoms with Crippen LogP contribution in [0.4, 0.5) is 0 Å². The van der Waals surface area contributed by atoms with Crippen LogP contribution in [0.25, 0.3) is 0 Å². The summed E-state index contributed by atoms with van der Waals surface area (Å²) in [7, 11) is 0. The minimum atomic E-state index is 0.337. The second kappa shape index (κ2) is 7.70. The van der Waals surface area contributed by atoms with Gasteiger partial charge in [0.25, 0.3) is 0 Å². The molecule has 0 saturated carbocycles. The lowest BCUT2D eigenvalue weighted by molar-refractivity contribution is -0.121. The summed E-state index contributed by atoms with van der Waals surface area (Å²) in [4.78, 5) is 14.9. The van der Waals surface area contributed by atoms with Crippen molar-refractivity contribution in [2.24, 2.45) is 0 Å². The normalized spacial score (nSPS) is 9.81. The van der Waals surface area contributed by atoms with Crippen LogP contribution in [0.5, 0.6) is 5.75 Å². The van der Waals surface area contributed by atoms with E-state index in [1.807, 2.05) is 24.3 Å². The molecule has 1 aromatic rings. The van der Waals surface area contributed by atoms with E-state index in [0.717, 1.165) is 30.8 Å². The molecule has 1 rings (SSSR count). The van der Waals surface area contributed by atoms with Crippen LogP contribution in [-0.4, -0.2) is 13.0 Å². The van der Waals surface area contributed by atoms with Crippen LogP contribution < -0.4 is 10.2 Å². The second-order valence-corrected chi connectivity index (χ2v) is 3.37. The fraction of sp³-hybridized carbons (Fsp3) is 0.417. The van der Waals surface area contributed by atoms with Crippen molar-refractivity contribution in [1.82, 2.24) is 5.48 Å². The zero-order valence-corrected chi connectivity index (χ0v) is 9.44. The van der Waals surface area contributed by atoms with Crippen LogP contribution in [0.3, 0.4) is 0 Å². The van der Waals surface area contributed by atoms with Gasteiger partial charge in [0.1, 0.15) is 5.75 Å². The topological polar surface area (TPSA) is 47.6 Å². The van der Waals surface area contributed by atoms with Gasteiger partial charge in [0.05, 0.1) is 13.2 Å². The number of amides is 1. The Kier molecular flexibility index (Phi) is 6.03. The van der Waals surface area contributed by atoms with Crippen molar-refractivity contribution in [2.75, 3.05) is 6.61 Å². The summed E-state index contributed by atoms with van der Waals surface area (Å²) in [6, 6.07) is 7.63. The van der Waals surface area contributed by atoms with Gasteiger partial charge in [-0.05, 0) is 24.1 Å². The van der Waals surface area contributed by atoms with Gasteiger partial charge in [0.2, 0.25) is 6.41 Å². The molecule has 0 spiro atoms. The average molecular weight is 223 g/mol. The molecular weight excluding hydrogens is 206 g/mol. The van der Waals surface area contributed by atoms with Gasteiger partial charge >= 0.3 is 0 Å². The van der Waals surface area contributed by atoms with E-state index in [1.165, 1.54) is 0 Å². The average Bonchev–Trinajstić information content (AvgIpc) is 2.30. The third-order valence-corrected chi connectivity index (χ3v) is 2.04. The Bertz CT molecular complexity index is 315. The molecule has 88 valence electrons. The summed E-state index contributed by atoms with van der Waals surface area (Å²) in [5, 5.41) is 0. The Morgan fingerprint density at radius 3 is 3.06 bits per heavy atom. The summed E-state index contributed by atoms with van der Waals surface area (Å²) < 4.78 is 5.55. The summed E-state index contributed by atoms with van der Waals surface area (Å²) >= 11 is 0. The van der Waals surface area contributed by atoms with Crippen LogP contribution in [0, 0.1) is 0 Å². The zero-order chi connectivity index (χ0) is 11.6. The Labute approximate surface area is 95.5 Å². The fourth-order valence-corrected chi connectivity index (χ4v) is 1.22. The highest BCUT2D eigenvalue weighted by atomic mass is 16.6. The van der Waals surface area contributed by atoms with E-state index in [1.54, 1.807) is 0 Å². The Morgan fingerprint density at radius 1 is 1.44 bits per heavy atom. The maximum Gasteiger partial charge on any atom is 0.230 e. The first-order valence-electron chi connectivity index (χ1n) is 5.39. The fourth-order valence-electron chi connectivity index (χ4n) is 1.22. The minimum absolute atomic E-state index is 0.337. The van der Waals surface area contributed by atoms with Gasteiger partial charge in [-0.25, -0.2) is 5.48 Å². The zero-order valence-electron chi connectivity index (χ0n) is 9.44. The Hall–Kier alpha value is -1.55. The van der Waals surface area contributed by atoms with Gasteiger partial charge < -0.3 is 4.74 Å². The lowest BCUT2D eigenvalue weighted by Gasteiger charge is -2.07. The quantitative estimate of drug-likeness (QED) is 0.417. The molecule has 1 aromatic carbocycles. The smallest absolute Gasteiger partial charge is 0.230 e. The molecule has 0 radical (unpaired) electrons. The van der Waals surface area contributed by atoms with Gasteiger partial charge in [0.15, 0.2) is 0 Å². The SMILES string of the molecule is CCCCOc1cccc(CONC=O)c1.